The lowest BCUT2D eigenvalue weighted by Gasteiger charge is -2.14. The van der Waals surface area contributed by atoms with Gasteiger partial charge in [0.05, 0.1) is 13.7 Å². The highest BCUT2D eigenvalue weighted by Crippen LogP contribution is 2.28. The highest BCUT2D eigenvalue weighted by molar-refractivity contribution is 5.52. The number of methoxy groups -OCH3 is 2. The molecule has 3 heteroatoms. The summed E-state index contributed by atoms with van der Waals surface area (Å²) in [6.45, 7) is 5.86. The lowest BCUT2D eigenvalue weighted by atomic mass is 10.0. The molecule has 90 valence electrons. The van der Waals surface area contributed by atoms with E-state index in [1.807, 2.05) is 12.1 Å². The molecule has 0 fully saturated rings. The summed E-state index contributed by atoms with van der Waals surface area (Å²) >= 11 is 0. The van der Waals surface area contributed by atoms with Crippen molar-refractivity contribution in [2.24, 2.45) is 0 Å². The van der Waals surface area contributed by atoms with Gasteiger partial charge in [0, 0.05) is 19.3 Å². The predicted molar refractivity (Wildman–Crippen MR) is 67.4 cm³/mol. The molecule has 1 rings (SSSR count). The van der Waals surface area contributed by atoms with Gasteiger partial charge in [-0.25, -0.2) is 0 Å². The molecule has 0 radical (unpaired) electrons. The van der Waals surface area contributed by atoms with Gasteiger partial charge >= 0.3 is 0 Å². The van der Waals surface area contributed by atoms with Crippen molar-refractivity contribution in [3.63, 3.8) is 0 Å². The number of hydrogen-bond donors (Lipinski definition) is 1. The molecule has 0 saturated carbocycles. The van der Waals surface area contributed by atoms with Gasteiger partial charge < -0.3 is 14.8 Å². The summed E-state index contributed by atoms with van der Waals surface area (Å²) in [4.78, 5) is 0. The van der Waals surface area contributed by atoms with Gasteiger partial charge in [-0.2, -0.15) is 0 Å². The predicted octanol–water partition coefficient (Wildman–Crippen LogP) is 2.88. The SMILES string of the molecule is COCCNc1ccc(OC)c(C(C)C)c1. The van der Waals surface area contributed by atoms with Crippen LogP contribution in [0.3, 0.4) is 0 Å². The fourth-order valence-electron chi connectivity index (χ4n) is 1.59. The van der Waals surface area contributed by atoms with Crippen LogP contribution in [-0.4, -0.2) is 27.4 Å². The summed E-state index contributed by atoms with van der Waals surface area (Å²) in [5, 5.41) is 3.31. The Labute approximate surface area is 97.8 Å². The first-order valence-electron chi connectivity index (χ1n) is 5.59. The van der Waals surface area contributed by atoms with Crippen molar-refractivity contribution in [3.05, 3.63) is 23.8 Å². The zero-order valence-electron chi connectivity index (χ0n) is 10.5. The van der Waals surface area contributed by atoms with Gasteiger partial charge in [0.1, 0.15) is 5.75 Å². The molecule has 1 N–H and O–H groups in total. The highest BCUT2D eigenvalue weighted by atomic mass is 16.5. The minimum Gasteiger partial charge on any atom is -0.496 e. The normalized spacial score (nSPS) is 10.6. The molecule has 0 atom stereocenters. The zero-order chi connectivity index (χ0) is 12.0. The average molecular weight is 223 g/mol. The Morgan fingerprint density at radius 3 is 2.56 bits per heavy atom. The minimum atomic E-state index is 0.458. The number of hydrogen-bond acceptors (Lipinski definition) is 3. The monoisotopic (exact) mass is 223 g/mol. The van der Waals surface area contributed by atoms with Crippen LogP contribution in [0.25, 0.3) is 0 Å². The number of nitrogens with one attached hydrogen (secondary N) is 1. The van der Waals surface area contributed by atoms with E-state index in [0.717, 1.165) is 18.0 Å². The molecule has 0 amide bonds. The Hall–Kier alpha value is -1.22. The van der Waals surface area contributed by atoms with E-state index in [9.17, 15) is 0 Å². The van der Waals surface area contributed by atoms with Gasteiger partial charge in [-0.1, -0.05) is 13.8 Å². The highest BCUT2D eigenvalue weighted by Gasteiger charge is 2.07. The standard InChI is InChI=1S/C13H21NO2/c1-10(2)12-9-11(14-7-8-15-3)5-6-13(12)16-4/h5-6,9-10,14H,7-8H2,1-4H3. The van der Waals surface area contributed by atoms with E-state index in [2.05, 4.69) is 25.2 Å². The van der Waals surface area contributed by atoms with E-state index in [1.54, 1.807) is 14.2 Å². The van der Waals surface area contributed by atoms with Crippen LogP contribution in [0, 0.1) is 0 Å². The van der Waals surface area contributed by atoms with Crippen molar-refractivity contribution >= 4 is 5.69 Å². The number of benzene rings is 1. The Morgan fingerprint density at radius 1 is 1.25 bits per heavy atom. The number of ether oxygens (including phenoxy) is 2. The summed E-state index contributed by atoms with van der Waals surface area (Å²) in [6, 6.07) is 6.17. The summed E-state index contributed by atoms with van der Waals surface area (Å²) in [5.74, 6) is 1.41. The van der Waals surface area contributed by atoms with Crippen molar-refractivity contribution in [3.8, 4) is 5.75 Å². The molecular weight excluding hydrogens is 202 g/mol. The van der Waals surface area contributed by atoms with Gasteiger partial charge in [0.25, 0.3) is 0 Å². The maximum absolute atomic E-state index is 5.33. The van der Waals surface area contributed by atoms with Crippen molar-refractivity contribution in [1.29, 1.82) is 0 Å². The Kier molecular flexibility index (Phi) is 5.12. The van der Waals surface area contributed by atoms with E-state index in [0.29, 0.717) is 12.5 Å². The Morgan fingerprint density at radius 2 is 2.00 bits per heavy atom. The first-order valence-corrected chi connectivity index (χ1v) is 5.59. The number of anilines is 1. The van der Waals surface area contributed by atoms with Crippen LogP contribution in [-0.2, 0) is 4.74 Å². The van der Waals surface area contributed by atoms with Crippen molar-refractivity contribution in [2.75, 3.05) is 32.7 Å². The van der Waals surface area contributed by atoms with Crippen LogP contribution in [0.1, 0.15) is 25.3 Å². The molecule has 0 aliphatic heterocycles. The summed E-state index contributed by atoms with van der Waals surface area (Å²) in [7, 11) is 3.41. The van der Waals surface area contributed by atoms with E-state index in [1.165, 1.54) is 5.56 Å². The van der Waals surface area contributed by atoms with E-state index in [4.69, 9.17) is 9.47 Å². The molecule has 16 heavy (non-hydrogen) atoms. The fourth-order valence-corrected chi connectivity index (χ4v) is 1.59. The van der Waals surface area contributed by atoms with Crippen molar-refractivity contribution in [2.45, 2.75) is 19.8 Å². The summed E-state index contributed by atoms with van der Waals surface area (Å²) < 4.78 is 10.3. The Bertz CT molecular complexity index is 324. The van der Waals surface area contributed by atoms with Gasteiger partial charge in [0.2, 0.25) is 0 Å². The van der Waals surface area contributed by atoms with Gasteiger partial charge in [0.15, 0.2) is 0 Å². The van der Waals surface area contributed by atoms with E-state index in [-0.39, 0.29) is 0 Å². The lowest BCUT2D eigenvalue weighted by Crippen LogP contribution is -2.08. The molecule has 0 spiro atoms. The third-order valence-corrected chi connectivity index (χ3v) is 2.49. The maximum atomic E-state index is 5.33. The second-order valence-electron chi connectivity index (χ2n) is 4.03. The van der Waals surface area contributed by atoms with Crippen molar-refractivity contribution < 1.29 is 9.47 Å². The summed E-state index contributed by atoms with van der Waals surface area (Å²) in [6.07, 6.45) is 0. The maximum Gasteiger partial charge on any atom is 0.122 e. The molecule has 0 aliphatic rings. The van der Waals surface area contributed by atoms with Crippen LogP contribution >= 0.6 is 0 Å². The van der Waals surface area contributed by atoms with E-state index >= 15 is 0 Å². The molecule has 0 bridgehead atoms. The zero-order valence-corrected chi connectivity index (χ0v) is 10.5. The van der Waals surface area contributed by atoms with Crippen molar-refractivity contribution in [1.82, 2.24) is 0 Å². The minimum absolute atomic E-state index is 0.458. The third-order valence-electron chi connectivity index (χ3n) is 2.49. The first kappa shape index (κ1) is 12.8. The lowest BCUT2D eigenvalue weighted by molar-refractivity contribution is 0.211. The van der Waals surface area contributed by atoms with Crippen LogP contribution in [0.4, 0.5) is 5.69 Å². The quantitative estimate of drug-likeness (QED) is 0.752. The van der Waals surface area contributed by atoms with E-state index < -0.39 is 0 Å². The Balaban J connectivity index is 2.77. The molecule has 0 aliphatic carbocycles. The summed E-state index contributed by atoms with van der Waals surface area (Å²) in [5.41, 5.74) is 2.34. The molecule has 0 unspecified atom stereocenters. The topological polar surface area (TPSA) is 30.5 Å². The van der Waals surface area contributed by atoms with Crippen LogP contribution in [0.2, 0.25) is 0 Å². The molecule has 1 aromatic rings. The largest absolute Gasteiger partial charge is 0.496 e. The molecule has 0 saturated heterocycles. The molecule has 1 aromatic carbocycles. The van der Waals surface area contributed by atoms with Crippen LogP contribution < -0.4 is 10.1 Å². The van der Waals surface area contributed by atoms with Gasteiger partial charge in [-0.05, 0) is 29.7 Å². The van der Waals surface area contributed by atoms with Crippen LogP contribution in [0.15, 0.2) is 18.2 Å². The molecular formula is C13H21NO2. The first-order chi connectivity index (χ1) is 7.69. The second kappa shape index (κ2) is 6.38. The smallest absolute Gasteiger partial charge is 0.122 e. The molecule has 0 aromatic heterocycles. The third kappa shape index (κ3) is 3.42. The average Bonchev–Trinajstić information content (AvgIpc) is 2.29. The second-order valence-corrected chi connectivity index (χ2v) is 4.03. The molecule has 0 heterocycles. The molecule has 3 nitrogen and oxygen atoms in total. The van der Waals surface area contributed by atoms with Gasteiger partial charge in [-0.15, -0.1) is 0 Å². The van der Waals surface area contributed by atoms with Crippen LogP contribution in [0.5, 0.6) is 5.75 Å². The fraction of sp³-hybridized carbons (Fsp3) is 0.538. The van der Waals surface area contributed by atoms with Gasteiger partial charge in [-0.3, -0.25) is 0 Å². The number of rotatable bonds is 6.